The number of para-hydroxylation sites is 1. The number of benzene rings is 1. The maximum atomic E-state index is 15.1. The van der Waals surface area contributed by atoms with E-state index in [2.05, 4.69) is 9.98 Å². The molecule has 3 aromatic rings. The van der Waals surface area contributed by atoms with E-state index < -0.39 is 35.5 Å². The van der Waals surface area contributed by atoms with E-state index in [0.717, 1.165) is 0 Å². The number of hydrogen-bond donors (Lipinski definition) is 1. The number of ketones is 1. The van der Waals surface area contributed by atoms with Gasteiger partial charge in [0, 0.05) is 42.1 Å². The molecule has 4 heterocycles. The predicted octanol–water partition coefficient (Wildman–Crippen LogP) is 5.32. The summed E-state index contributed by atoms with van der Waals surface area (Å²) in [7, 11) is 1.53. The first-order chi connectivity index (χ1) is 19.2. The third-order valence-corrected chi connectivity index (χ3v) is 8.39. The summed E-state index contributed by atoms with van der Waals surface area (Å²) in [4.78, 5) is 34.4. The number of oxazole rings is 1. The van der Waals surface area contributed by atoms with Crippen molar-refractivity contribution in [3.8, 4) is 16.5 Å². The number of thiophene rings is 1. The first-order valence-electron chi connectivity index (χ1n) is 12.8. The molecule has 1 saturated heterocycles. The number of hydrogen-bond acceptors (Lipinski definition) is 9. The fourth-order valence-corrected chi connectivity index (χ4v) is 6.43. The number of fused-ring (bicyclic) bond motifs is 1. The maximum absolute atomic E-state index is 15.1. The number of carboxylic acid groups (broad SMARTS) is 1. The Hall–Kier alpha value is -3.48. The van der Waals surface area contributed by atoms with Crippen LogP contribution in [0.1, 0.15) is 51.7 Å². The van der Waals surface area contributed by atoms with E-state index in [4.69, 9.17) is 18.6 Å². The SMILES string of the molecule is COc1ccccc1C(CC1Cc2sc(-c3ncco3)c(C)c2C(=O)C(C(F)(F)C(=O)O)=N1)OC1CCOCC1. The van der Waals surface area contributed by atoms with Gasteiger partial charge in [0.25, 0.3) is 0 Å². The maximum Gasteiger partial charge on any atom is 0.387 e. The molecule has 2 atom stereocenters. The van der Waals surface area contributed by atoms with Crippen LogP contribution in [0.5, 0.6) is 5.75 Å². The van der Waals surface area contributed by atoms with Gasteiger partial charge in [-0.15, -0.1) is 11.3 Å². The molecule has 1 aromatic carbocycles. The number of rotatable bonds is 9. The number of aromatic nitrogens is 1. The standard InChI is InChI=1S/C28H28F2N2O7S/c1-15-22-21(40-24(15)26-31-9-12-38-26)14-16(32-25(23(22)33)28(29,30)27(34)35)13-20(39-17-7-10-37-11-8-17)18-5-3-4-6-19(18)36-2/h3-6,9,12,16-17,20H,7-8,10-11,13-14H2,1-2H3,(H,34,35). The van der Waals surface area contributed by atoms with Gasteiger partial charge in [-0.05, 0) is 31.4 Å². The molecule has 0 amide bonds. The first-order valence-corrected chi connectivity index (χ1v) is 13.6. The Bertz CT molecular complexity index is 1410. The van der Waals surface area contributed by atoms with Crippen molar-refractivity contribution in [2.75, 3.05) is 20.3 Å². The number of halogens is 2. The van der Waals surface area contributed by atoms with Crippen molar-refractivity contribution < 1.29 is 42.1 Å². The molecular weight excluding hydrogens is 546 g/mol. The number of carbonyl (C=O) groups is 2. The lowest BCUT2D eigenvalue weighted by Crippen LogP contribution is -2.43. The summed E-state index contributed by atoms with van der Waals surface area (Å²) in [5.41, 5.74) is -0.188. The van der Waals surface area contributed by atoms with Crippen LogP contribution in [-0.4, -0.2) is 65.9 Å². The Morgan fingerprint density at radius 1 is 1.27 bits per heavy atom. The largest absolute Gasteiger partial charge is 0.496 e. The van der Waals surface area contributed by atoms with E-state index in [1.807, 2.05) is 18.2 Å². The predicted molar refractivity (Wildman–Crippen MR) is 142 cm³/mol. The van der Waals surface area contributed by atoms with E-state index in [1.165, 1.54) is 30.9 Å². The van der Waals surface area contributed by atoms with Crippen molar-refractivity contribution in [2.24, 2.45) is 4.99 Å². The average molecular weight is 575 g/mol. The number of nitrogens with zero attached hydrogens (tertiary/aromatic N) is 2. The summed E-state index contributed by atoms with van der Waals surface area (Å²) in [6, 6.07) is 6.36. The molecule has 2 aromatic heterocycles. The minimum Gasteiger partial charge on any atom is -0.496 e. The quantitative estimate of drug-likeness (QED) is 0.365. The van der Waals surface area contributed by atoms with Crippen LogP contribution in [0, 0.1) is 6.92 Å². The molecule has 2 aliphatic rings. The molecule has 2 unspecified atom stereocenters. The van der Waals surface area contributed by atoms with Gasteiger partial charge >= 0.3 is 11.9 Å². The second-order valence-corrected chi connectivity index (χ2v) is 10.8. The van der Waals surface area contributed by atoms with E-state index in [9.17, 15) is 14.7 Å². The molecule has 1 N–H and O–H groups in total. The molecule has 2 aliphatic heterocycles. The normalized spacial score (nSPS) is 19.1. The Balaban J connectivity index is 1.58. The monoisotopic (exact) mass is 574 g/mol. The summed E-state index contributed by atoms with van der Waals surface area (Å²) < 4.78 is 53.0. The molecule has 9 nitrogen and oxygen atoms in total. The molecule has 40 heavy (non-hydrogen) atoms. The number of Topliss-reactive ketones (excluding diaryl/α,β-unsaturated/α-hetero) is 1. The number of aliphatic carboxylic acids is 1. The Morgan fingerprint density at radius 2 is 2.02 bits per heavy atom. The van der Waals surface area contributed by atoms with Crippen LogP contribution in [0.4, 0.5) is 8.78 Å². The van der Waals surface area contributed by atoms with Gasteiger partial charge in [-0.2, -0.15) is 8.78 Å². The van der Waals surface area contributed by atoms with Gasteiger partial charge in [-0.1, -0.05) is 18.2 Å². The minimum absolute atomic E-state index is 0.0135. The summed E-state index contributed by atoms with van der Waals surface area (Å²) in [5, 5.41) is 9.35. The lowest BCUT2D eigenvalue weighted by molar-refractivity contribution is -0.155. The van der Waals surface area contributed by atoms with E-state index in [1.54, 1.807) is 13.0 Å². The Labute approximate surface area is 232 Å². The van der Waals surface area contributed by atoms with Crippen LogP contribution < -0.4 is 4.74 Å². The smallest absolute Gasteiger partial charge is 0.387 e. The van der Waals surface area contributed by atoms with Crippen molar-refractivity contribution in [3.63, 3.8) is 0 Å². The van der Waals surface area contributed by atoms with Crippen LogP contribution in [0.25, 0.3) is 10.8 Å². The Morgan fingerprint density at radius 3 is 2.70 bits per heavy atom. The van der Waals surface area contributed by atoms with Gasteiger partial charge in [-0.3, -0.25) is 9.79 Å². The lowest BCUT2D eigenvalue weighted by Gasteiger charge is -2.30. The van der Waals surface area contributed by atoms with Gasteiger partial charge < -0.3 is 23.7 Å². The number of ether oxygens (including phenoxy) is 3. The van der Waals surface area contributed by atoms with Crippen molar-refractivity contribution in [1.29, 1.82) is 0 Å². The number of carbonyl (C=O) groups excluding carboxylic acids is 1. The summed E-state index contributed by atoms with van der Waals surface area (Å²) in [6.45, 7) is 2.68. The van der Waals surface area contributed by atoms with Crippen molar-refractivity contribution in [2.45, 2.75) is 56.8 Å². The fourth-order valence-electron chi connectivity index (χ4n) is 5.11. The molecule has 0 bridgehead atoms. The number of methoxy groups -OCH3 is 1. The summed E-state index contributed by atoms with van der Waals surface area (Å²) in [5.74, 6) is -7.24. The highest BCUT2D eigenvalue weighted by molar-refractivity contribution is 7.16. The third-order valence-electron chi connectivity index (χ3n) is 7.08. The molecule has 12 heteroatoms. The van der Waals surface area contributed by atoms with Gasteiger partial charge in [0.1, 0.15) is 12.0 Å². The topological polar surface area (TPSA) is 120 Å². The van der Waals surface area contributed by atoms with E-state index in [0.29, 0.717) is 52.7 Å². The molecule has 0 aliphatic carbocycles. The zero-order valence-electron chi connectivity index (χ0n) is 21.9. The minimum atomic E-state index is -4.49. The molecule has 212 valence electrons. The molecule has 0 radical (unpaired) electrons. The molecule has 0 spiro atoms. The lowest BCUT2D eigenvalue weighted by atomic mass is 9.96. The van der Waals surface area contributed by atoms with Crippen LogP contribution in [0.2, 0.25) is 0 Å². The zero-order valence-corrected chi connectivity index (χ0v) is 22.7. The first kappa shape index (κ1) is 28.1. The molecular formula is C28H28F2N2O7S. The van der Waals surface area contributed by atoms with Crippen molar-refractivity contribution in [1.82, 2.24) is 4.98 Å². The van der Waals surface area contributed by atoms with E-state index >= 15 is 8.78 Å². The highest BCUT2D eigenvalue weighted by Gasteiger charge is 2.51. The van der Waals surface area contributed by atoms with Gasteiger partial charge in [-0.25, -0.2) is 9.78 Å². The second-order valence-electron chi connectivity index (χ2n) is 9.65. The van der Waals surface area contributed by atoms with Crippen LogP contribution in [0.3, 0.4) is 0 Å². The second kappa shape index (κ2) is 11.6. The molecule has 1 fully saturated rings. The third kappa shape index (κ3) is 5.43. The van der Waals surface area contributed by atoms with Crippen molar-refractivity contribution >= 4 is 28.8 Å². The zero-order chi connectivity index (χ0) is 28.4. The van der Waals surface area contributed by atoms with Crippen LogP contribution >= 0.6 is 11.3 Å². The highest BCUT2D eigenvalue weighted by Crippen LogP contribution is 2.41. The average Bonchev–Trinajstić information content (AvgIpc) is 3.56. The van der Waals surface area contributed by atoms with Gasteiger partial charge in [0.2, 0.25) is 11.7 Å². The summed E-state index contributed by atoms with van der Waals surface area (Å²) in [6.07, 6.45) is 3.60. The van der Waals surface area contributed by atoms with Gasteiger partial charge in [0.05, 0.1) is 36.4 Å². The van der Waals surface area contributed by atoms with E-state index in [-0.39, 0.29) is 30.4 Å². The number of aliphatic imine (C=N–C) groups is 1. The van der Waals surface area contributed by atoms with Crippen LogP contribution in [-0.2, 0) is 20.7 Å². The molecule has 5 rings (SSSR count). The summed E-state index contributed by atoms with van der Waals surface area (Å²) >= 11 is 1.20. The highest BCUT2D eigenvalue weighted by atomic mass is 32.1. The van der Waals surface area contributed by atoms with Crippen molar-refractivity contribution in [3.05, 3.63) is 58.3 Å². The fraction of sp³-hybridized carbons (Fsp3) is 0.429. The van der Waals surface area contributed by atoms with Crippen LogP contribution in [0.15, 0.2) is 46.1 Å². The number of carboxylic acids is 1. The number of alkyl halides is 2. The molecule has 0 saturated carbocycles. The van der Waals surface area contributed by atoms with Gasteiger partial charge in [0.15, 0.2) is 5.71 Å². The Kier molecular flexibility index (Phi) is 8.11.